The van der Waals surface area contributed by atoms with E-state index in [4.69, 9.17) is 15.6 Å². The summed E-state index contributed by atoms with van der Waals surface area (Å²) in [5.74, 6) is 0.724. The number of rotatable bonds is 2. The van der Waals surface area contributed by atoms with Crippen molar-refractivity contribution in [1.29, 1.82) is 0 Å². The number of hydrogen-bond donors (Lipinski definition) is 3. The molecule has 76 valence electrons. The molecule has 0 spiro atoms. The smallest absolute Gasteiger partial charge is 0.165 e. The SMILES string of the molecule is Nc1cccc2c1OCC(CCO)N2. The molecule has 0 amide bonds. The number of nitrogens with one attached hydrogen (secondary N) is 1. The van der Waals surface area contributed by atoms with Gasteiger partial charge < -0.3 is 20.9 Å². The molecular formula is C10H14N2O2. The zero-order valence-corrected chi connectivity index (χ0v) is 7.86. The highest BCUT2D eigenvalue weighted by Gasteiger charge is 2.19. The Labute approximate surface area is 82.7 Å². The number of anilines is 2. The summed E-state index contributed by atoms with van der Waals surface area (Å²) in [5, 5.41) is 12.1. The summed E-state index contributed by atoms with van der Waals surface area (Å²) < 4.78 is 5.52. The summed E-state index contributed by atoms with van der Waals surface area (Å²) in [5.41, 5.74) is 7.31. The van der Waals surface area contributed by atoms with Crippen LogP contribution in [0.3, 0.4) is 0 Å². The van der Waals surface area contributed by atoms with Gasteiger partial charge in [-0.25, -0.2) is 0 Å². The molecule has 0 fully saturated rings. The first-order valence-electron chi connectivity index (χ1n) is 4.70. The van der Waals surface area contributed by atoms with Gasteiger partial charge in [0.1, 0.15) is 6.61 Å². The Morgan fingerprint density at radius 3 is 3.21 bits per heavy atom. The fourth-order valence-electron chi connectivity index (χ4n) is 1.59. The van der Waals surface area contributed by atoms with Gasteiger partial charge in [0.15, 0.2) is 5.75 Å². The van der Waals surface area contributed by atoms with Gasteiger partial charge in [-0.3, -0.25) is 0 Å². The van der Waals surface area contributed by atoms with Crippen LogP contribution < -0.4 is 15.8 Å². The van der Waals surface area contributed by atoms with Crippen LogP contribution in [0.15, 0.2) is 18.2 Å². The molecule has 1 atom stereocenters. The van der Waals surface area contributed by atoms with Gasteiger partial charge in [-0.05, 0) is 18.6 Å². The lowest BCUT2D eigenvalue weighted by molar-refractivity contribution is 0.234. The molecule has 0 aliphatic carbocycles. The third-order valence-electron chi connectivity index (χ3n) is 2.31. The molecule has 14 heavy (non-hydrogen) atoms. The molecule has 4 N–H and O–H groups in total. The van der Waals surface area contributed by atoms with Crippen LogP contribution in [-0.2, 0) is 0 Å². The topological polar surface area (TPSA) is 67.5 Å². The zero-order chi connectivity index (χ0) is 9.97. The number of aliphatic hydroxyl groups is 1. The van der Waals surface area contributed by atoms with Crippen LogP contribution >= 0.6 is 0 Å². The number of hydrogen-bond acceptors (Lipinski definition) is 4. The molecule has 1 aliphatic rings. The van der Waals surface area contributed by atoms with E-state index >= 15 is 0 Å². The first-order chi connectivity index (χ1) is 6.81. The van der Waals surface area contributed by atoms with Crippen LogP contribution in [0, 0.1) is 0 Å². The highest BCUT2D eigenvalue weighted by molar-refractivity contribution is 5.70. The van der Waals surface area contributed by atoms with E-state index in [9.17, 15) is 0 Å². The van der Waals surface area contributed by atoms with Gasteiger partial charge in [-0.1, -0.05) is 6.07 Å². The van der Waals surface area contributed by atoms with E-state index in [0.29, 0.717) is 18.7 Å². The van der Waals surface area contributed by atoms with E-state index < -0.39 is 0 Å². The van der Waals surface area contributed by atoms with Gasteiger partial charge >= 0.3 is 0 Å². The summed E-state index contributed by atoms with van der Waals surface area (Å²) in [6.07, 6.45) is 0.689. The zero-order valence-electron chi connectivity index (χ0n) is 7.86. The van der Waals surface area contributed by atoms with E-state index in [1.165, 1.54) is 0 Å². The van der Waals surface area contributed by atoms with Crippen LogP contribution in [0.25, 0.3) is 0 Å². The Hall–Kier alpha value is -1.42. The minimum absolute atomic E-state index is 0.165. The van der Waals surface area contributed by atoms with E-state index in [1.54, 1.807) is 0 Å². The van der Waals surface area contributed by atoms with Crippen molar-refractivity contribution in [2.45, 2.75) is 12.5 Å². The fourth-order valence-corrected chi connectivity index (χ4v) is 1.59. The van der Waals surface area contributed by atoms with Crippen molar-refractivity contribution in [1.82, 2.24) is 0 Å². The molecule has 0 saturated carbocycles. The summed E-state index contributed by atoms with van der Waals surface area (Å²) in [6, 6.07) is 5.79. The Morgan fingerprint density at radius 1 is 1.57 bits per heavy atom. The second kappa shape index (κ2) is 3.75. The largest absolute Gasteiger partial charge is 0.487 e. The van der Waals surface area contributed by atoms with E-state index in [-0.39, 0.29) is 12.6 Å². The molecule has 1 aromatic carbocycles. The van der Waals surface area contributed by atoms with E-state index in [2.05, 4.69) is 5.32 Å². The number of fused-ring (bicyclic) bond motifs is 1. The molecule has 0 bridgehead atoms. The molecule has 0 radical (unpaired) electrons. The number of ether oxygens (including phenoxy) is 1. The average Bonchev–Trinajstić information content (AvgIpc) is 2.18. The van der Waals surface area contributed by atoms with Gasteiger partial charge in [0, 0.05) is 6.61 Å². The lowest BCUT2D eigenvalue weighted by atomic mass is 10.1. The lowest BCUT2D eigenvalue weighted by Crippen LogP contribution is -2.32. The molecule has 1 unspecified atom stereocenters. The lowest BCUT2D eigenvalue weighted by Gasteiger charge is -2.27. The van der Waals surface area contributed by atoms with Gasteiger partial charge in [-0.2, -0.15) is 0 Å². The average molecular weight is 194 g/mol. The maximum Gasteiger partial charge on any atom is 0.165 e. The molecule has 0 saturated heterocycles. The predicted octanol–water partition coefficient (Wildman–Crippen LogP) is 0.824. The maximum atomic E-state index is 8.80. The van der Waals surface area contributed by atoms with Crippen LogP contribution in [0.4, 0.5) is 11.4 Å². The Bertz CT molecular complexity index is 328. The summed E-state index contributed by atoms with van der Waals surface area (Å²) in [4.78, 5) is 0. The summed E-state index contributed by atoms with van der Waals surface area (Å²) >= 11 is 0. The van der Waals surface area contributed by atoms with Crippen LogP contribution in [0.2, 0.25) is 0 Å². The minimum Gasteiger partial charge on any atom is -0.487 e. The maximum absolute atomic E-state index is 8.80. The molecule has 1 aliphatic heterocycles. The van der Waals surface area contributed by atoms with Gasteiger partial charge in [0.2, 0.25) is 0 Å². The summed E-state index contributed by atoms with van der Waals surface area (Å²) in [7, 11) is 0. The first kappa shape index (κ1) is 9.15. The van der Waals surface area contributed by atoms with E-state index in [0.717, 1.165) is 11.4 Å². The Balaban J connectivity index is 2.18. The molecule has 1 aromatic rings. The highest BCUT2D eigenvalue weighted by atomic mass is 16.5. The third-order valence-corrected chi connectivity index (χ3v) is 2.31. The number of aliphatic hydroxyl groups excluding tert-OH is 1. The van der Waals surface area contributed by atoms with Gasteiger partial charge in [-0.15, -0.1) is 0 Å². The van der Waals surface area contributed by atoms with Crippen LogP contribution in [0.1, 0.15) is 6.42 Å². The van der Waals surface area contributed by atoms with Crippen molar-refractivity contribution < 1.29 is 9.84 Å². The normalized spacial score (nSPS) is 19.4. The third kappa shape index (κ3) is 1.61. The molecular weight excluding hydrogens is 180 g/mol. The standard InChI is InChI=1S/C10H14N2O2/c11-8-2-1-3-9-10(8)14-6-7(12-9)4-5-13/h1-3,7,12-13H,4-6,11H2. The number of para-hydroxylation sites is 1. The van der Waals surface area contributed by atoms with Crippen LogP contribution in [-0.4, -0.2) is 24.4 Å². The first-order valence-corrected chi connectivity index (χ1v) is 4.70. The quantitative estimate of drug-likeness (QED) is 0.610. The van der Waals surface area contributed by atoms with Crippen molar-refractivity contribution >= 4 is 11.4 Å². The van der Waals surface area contributed by atoms with Crippen molar-refractivity contribution in [2.75, 3.05) is 24.3 Å². The molecule has 0 aromatic heterocycles. The highest BCUT2D eigenvalue weighted by Crippen LogP contribution is 2.34. The van der Waals surface area contributed by atoms with Crippen molar-refractivity contribution in [2.24, 2.45) is 0 Å². The van der Waals surface area contributed by atoms with Crippen molar-refractivity contribution in [3.63, 3.8) is 0 Å². The molecule has 4 heteroatoms. The van der Waals surface area contributed by atoms with Crippen molar-refractivity contribution in [3.8, 4) is 5.75 Å². The number of benzene rings is 1. The fraction of sp³-hybridized carbons (Fsp3) is 0.400. The minimum atomic E-state index is 0.165. The second-order valence-corrected chi connectivity index (χ2v) is 3.39. The van der Waals surface area contributed by atoms with Gasteiger partial charge in [0.25, 0.3) is 0 Å². The predicted molar refractivity (Wildman–Crippen MR) is 55.5 cm³/mol. The second-order valence-electron chi connectivity index (χ2n) is 3.39. The Morgan fingerprint density at radius 2 is 2.43 bits per heavy atom. The summed E-state index contributed by atoms with van der Waals surface area (Å²) in [6.45, 7) is 0.723. The van der Waals surface area contributed by atoms with Crippen LogP contribution in [0.5, 0.6) is 5.75 Å². The molecule has 2 rings (SSSR count). The Kier molecular flexibility index (Phi) is 2.45. The monoisotopic (exact) mass is 194 g/mol. The molecule has 1 heterocycles. The van der Waals surface area contributed by atoms with Gasteiger partial charge in [0.05, 0.1) is 17.4 Å². The van der Waals surface area contributed by atoms with E-state index in [1.807, 2.05) is 18.2 Å². The number of nitrogen functional groups attached to an aromatic ring is 1. The molecule has 4 nitrogen and oxygen atoms in total. The number of nitrogens with two attached hydrogens (primary N) is 1. The van der Waals surface area contributed by atoms with Crippen molar-refractivity contribution in [3.05, 3.63) is 18.2 Å².